The molecule has 0 bridgehead atoms. The Kier molecular flexibility index (Phi) is 20.0. The molecule has 6 nitrogen and oxygen atoms in total. The Hall–Kier alpha value is -2.51. The number of thiophene rings is 1. The second-order valence-corrected chi connectivity index (χ2v) is 10.4. The fourth-order valence-corrected chi connectivity index (χ4v) is 4.87. The predicted octanol–water partition coefficient (Wildman–Crippen LogP) is 8.28. The van der Waals surface area contributed by atoms with Crippen molar-refractivity contribution in [2.45, 2.75) is 99.0 Å². The second kappa shape index (κ2) is 21.4. The number of carbonyl (C=O) groups excluding carboxylic acids is 2. The molecule has 0 fully saturated rings. The van der Waals surface area contributed by atoms with E-state index in [2.05, 4.69) is 56.1 Å². The molecule has 0 saturated heterocycles. The van der Waals surface area contributed by atoms with Gasteiger partial charge in [-0.2, -0.15) is 5.10 Å². The smallest absolute Gasteiger partial charge is 0.224 e. The van der Waals surface area contributed by atoms with E-state index in [1.165, 1.54) is 42.6 Å². The van der Waals surface area contributed by atoms with Crippen molar-refractivity contribution in [3.8, 4) is 0 Å². The molecule has 1 N–H and O–H groups in total. The summed E-state index contributed by atoms with van der Waals surface area (Å²) in [7, 11) is 3.65. The zero-order chi connectivity index (χ0) is 28.9. The highest BCUT2D eigenvalue weighted by Gasteiger charge is 2.25. The van der Waals surface area contributed by atoms with E-state index in [-0.39, 0.29) is 11.9 Å². The molecule has 1 heterocycles. The van der Waals surface area contributed by atoms with Gasteiger partial charge in [0.15, 0.2) is 6.29 Å². The van der Waals surface area contributed by atoms with Gasteiger partial charge in [-0.05, 0) is 69.9 Å². The van der Waals surface area contributed by atoms with Gasteiger partial charge in [0, 0.05) is 38.2 Å². The van der Waals surface area contributed by atoms with Gasteiger partial charge < -0.3 is 4.90 Å². The number of hydrogen-bond acceptors (Lipinski definition) is 6. The maximum absolute atomic E-state index is 12.4. The quantitative estimate of drug-likeness (QED) is 0.132. The first-order chi connectivity index (χ1) is 18.2. The second-order valence-electron chi connectivity index (χ2n) is 9.30. The number of nitrogens with zero attached hydrogens (tertiary/aromatic N) is 3. The lowest BCUT2D eigenvalue weighted by Crippen LogP contribution is -2.38. The SMILES string of the molecule is C/C=N\N(C)NC.C=CC(C)CC.CC=CCC(CC)N(C(C)=O)c1cc(C2=CCCCCC2)sc1C=O. The fraction of sp³-hybridized carbons (Fsp3) is 0.581. The van der Waals surface area contributed by atoms with Crippen molar-refractivity contribution >= 4 is 41.0 Å². The van der Waals surface area contributed by atoms with Gasteiger partial charge in [0.2, 0.25) is 5.91 Å². The summed E-state index contributed by atoms with van der Waals surface area (Å²) in [6, 6.07) is 2.14. The Morgan fingerprint density at radius 1 is 1.24 bits per heavy atom. The van der Waals surface area contributed by atoms with Crippen LogP contribution in [0.2, 0.25) is 0 Å². The molecule has 1 aliphatic carbocycles. The fourth-order valence-electron chi connectivity index (χ4n) is 3.83. The molecule has 0 radical (unpaired) electrons. The van der Waals surface area contributed by atoms with Crippen molar-refractivity contribution in [2.75, 3.05) is 19.0 Å². The largest absolute Gasteiger partial charge is 0.308 e. The monoisotopic (exact) mass is 544 g/mol. The van der Waals surface area contributed by atoms with Gasteiger partial charge in [0.1, 0.15) is 0 Å². The first-order valence-corrected chi connectivity index (χ1v) is 14.8. The number of rotatable bonds is 11. The van der Waals surface area contributed by atoms with Crippen LogP contribution in [0.3, 0.4) is 0 Å². The van der Waals surface area contributed by atoms with Crippen LogP contribution in [-0.2, 0) is 4.79 Å². The van der Waals surface area contributed by atoms with Crippen molar-refractivity contribution < 1.29 is 9.59 Å². The Morgan fingerprint density at radius 3 is 2.39 bits per heavy atom. The van der Waals surface area contributed by atoms with Gasteiger partial charge in [0.25, 0.3) is 0 Å². The molecule has 0 aliphatic heterocycles. The summed E-state index contributed by atoms with van der Waals surface area (Å²) in [5.74, 6) is 0.698. The summed E-state index contributed by atoms with van der Waals surface area (Å²) in [6.45, 7) is 15.5. The number of carbonyl (C=O) groups is 2. The lowest BCUT2D eigenvalue weighted by atomic mass is 10.1. The predicted molar refractivity (Wildman–Crippen MR) is 168 cm³/mol. The Balaban J connectivity index is 0.000000869. The van der Waals surface area contributed by atoms with Gasteiger partial charge in [-0.25, -0.2) is 10.5 Å². The lowest BCUT2D eigenvalue weighted by molar-refractivity contribution is -0.117. The number of hydrazine groups is 1. The topological polar surface area (TPSA) is 65.0 Å². The molecule has 0 spiro atoms. The lowest BCUT2D eigenvalue weighted by Gasteiger charge is -2.29. The van der Waals surface area contributed by atoms with Crippen molar-refractivity contribution in [1.82, 2.24) is 10.5 Å². The summed E-state index contributed by atoms with van der Waals surface area (Å²) in [6.07, 6.45) is 19.7. The van der Waals surface area contributed by atoms with Crippen LogP contribution < -0.4 is 10.3 Å². The molecule has 2 unspecified atom stereocenters. The van der Waals surface area contributed by atoms with Gasteiger partial charge in [-0.15, -0.1) is 17.9 Å². The maximum Gasteiger partial charge on any atom is 0.224 e. The molecule has 1 aromatic heterocycles. The van der Waals surface area contributed by atoms with Gasteiger partial charge >= 0.3 is 0 Å². The maximum atomic E-state index is 12.4. The van der Waals surface area contributed by atoms with Crippen LogP contribution in [-0.4, -0.2) is 43.7 Å². The third kappa shape index (κ3) is 13.3. The summed E-state index contributed by atoms with van der Waals surface area (Å²) < 4.78 is 0. The van der Waals surface area contributed by atoms with Crippen LogP contribution in [0.5, 0.6) is 0 Å². The van der Waals surface area contributed by atoms with Crippen LogP contribution in [0.25, 0.3) is 5.57 Å². The number of hydrazone groups is 1. The molecule has 0 saturated carbocycles. The van der Waals surface area contributed by atoms with Crippen LogP contribution in [0.15, 0.2) is 42.1 Å². The molecule has 1 aliphatic rings. The molecule has 214 valence electrons. The van der Waals surface area contributed by atoms with Crippen LogP contribution >= 0.6 is 11.3 Å². The van der Waals surface area contributed by atoms with Crippen LogP contribution in [0.4, 0.5) is 5.69 Å². The number of amides is 1. The van der Waals surface area contributed by atoms with Crippen molar-refractivity contribution in [1.29, 1.82) is 0 Å². The molecule has 2 rings (SSSR count). The van der Waals surface area contributed by atoms with E-state index < -0.39 is 0 Å². The van der Waals surface area contributed by atoms with Gasteiger partial charge in [0.05, 0.1) is 10.6 Å². The van der Waals surface area contributed by atoms with Gasteiger partial charge in [-0.1, -0.05) is 57.9 Å². The minimum absolute atomic E-state index is 0.00125. The highest BCUT2D eigenvalue weighted by Crippen LogP contribution is 2.38. The highest BCUT2D eigenvalue weighted by atomic mass is 32.1. The van der Waals surface area contributed by atoms with E-state index in [1.54, 1.807) is 18.3 Å². The first kappa shape index (κ1) is 35.5. The van der Waals surface area contributed by atoms with Crippen molar-refractivity contribution in [2.24, 2.45) is 11.0 Å². The summed E-state index contributed by atoms with van der Waals surface area (Å²) in [4.78, 5) is 27.7. The molecule has 1 amide bonds. The van der Waals surface area contributed by atoms with Crippen LogP contribution in [0, 0.1) is 5.92 Å². The number of allylic oxidation sites excluding steroid dienone is 4. The van der Waals surface area contributed by atoms with E-state index >= 15 is 0 Å². The number of aldehydes is 1. The van der Waals surface area contributed by atoms with E-state index in [4.69, 9.17) is 0 Å². The Bertz CT molecular complexity index is 904. The third-order valence-corrected chi connectivity index (χ3v) is 7.57. The van der Waals surface area contributed by atoms with E-state index in [1.807, 2.05) is 45.0 Å². The molecule has 2 atom stereocenters. The molecular formula is C31H52N4O2S. The number of nitrogens with one attached hydrogen (secondary N) is 1. The summed E-state index contributed by atoms with van der Waals surface area (Å²) >= 11 is 1.52. The third-order valence-electron chi connectivity index (χ3n) is 6.44. The summed E-state index contributed by atoms with van der Waals surface area (Å²) in [5, 5.41) is 5.47. The Morgan fingerprint density at radius 2 is 1.95 bits per heavy atom. The average Bonchev–Trinajstić information content (AvgIpc) is 3.15. The molecule has 38 heavy (non-hydrogen) atoms. The number of anilines is 1. The Labute approximate surface area is 236 Å². The van der Waals surface area contributed by atoms with Crippen molar-refractivity contribution in [3.63, 3.8) is 0 Å². The minimum atomic E-state index is -0.00125. The highest BCUT2D eigenvalue weighted by molar-refractivity contribution is 7.15. The number of hydrogen-bond donors (Lipinski definition) is 1. The normalized spacial score (nSPS) is 14.8. The molecule has 1 aromatic rings. The van der Waals surface area contributed by atoms with Gasteiger partial charge in [-0.3, -0.25) is 9.59 Å². The zero-order valence-electron chi connectivity index (χ0n) is 25.1. The molecular weight excluding hydrogens is 492 g/mol. The zero-order valence-corrected chi connectivity index (χ0v) is 25.9. The van der Waals surface area contributed by atoms with E-state index in [0.29, 0.717) is 10.8 Å². The molecule has 7 heteroatoms. The molecule has 0 aromatic carbocycles. The average molecular weight is 545 g/mol. The first-order valence-electron chi connectivity index (χ1n) is 14.0. The van der Waals surface area contributed by atoms with E-state index in [0.717, 1.165) is 42.5 Å². The van der Waals surface area contributed by atoms with Crippen molar-refractivity contribution in [3.05, 3.63) is 46.7 Å². The van der Waals surface area contributed by atoms with E-state index in [9.17, 15) is 9.59 Å². The van der Waals surface area contributed by atoms with Crippen LogP contribution in [0.1, 0.15) is 107 Å². The summed E-state index contributed by atoms with van der Waals surface area (Å²) in [5.41, 5.74) is 4.92. The standard InChI is InChI=1S/C21H29NO2S.C6H12.C4H11N3/c1-4-6-13-18(5-2)22(16(3)24)19-14-20(25-21(19)15-23)17-11-9-7-8-10-12-17;1-4-6(3)5-2;1-4-6-7(3)5-2/h4,6,11,14-15,18H,5,7-10,12-13H2,1-3H3;4,6H,1,5H2,2-3H3;4-5H,1-3H3/b;;6-4-. The minimum Gasteiger partial charge on any atom is -0.308 e.